The summed E-state index contributed by atoms with van der Waals surface area (Å²) in [5.41, 5.74) is 5.55. The van der Waals surface area contributed by atoms with Crippen molar-refractivity contribution >= 4 is 12.0 Å². The van der Waals surface area contributed by atoms with Crippen LogP contribution in [0, 0.1) is 0 Å². The molecule has 2 heterocycles. The maximum absolute atomic E-state index is 12.6. The molecule has 202 valence electrons. The second kappa shape index (κ2) is 11.8. The van der Waals surface area contributed by atoms with Gasteiger partial charge >= 0.3 is 0 Å². The molecule has 3 aromatic carbocycles. The summed E-state index contributed by atoms with van der Waals surface area (Å²) >= 11 is 0. The summed E-state index contributed by atoms with van der Waals surface area (Å²) < 4.78 is 6.16. The lowest BCUT2D eigenvalue weighted by Crippen LogP contribution is -2.49. The molecule has 1 aliphatic carbocycles. The van der Waals surface area contributed by atoms with E-state index in [2.05, 4.69) is 70.5 Å². The van der Waals surface area contributed by atoms with Gasteiger partial charge in [-0.2, -0.15) is 0 Å². The Kier molecular flexibility index (Phi) is 7.80. The van der Waals surface area contributed by atoms with Gasteiger partial charge in [-0.3, -0.25) is 14.6 Å². The van der Waals surface area contributed by atoms with Crippen molar-refractivity contribution in [3.05, 3.63) is 107 Å². The summed E-state index contributed by atoms with van der Waals surface area (Å²) in [6, 6.07) is 27.5. The Morgan fingerprint density at radius 1 is 0.769 bits per heavy atom. The molecule has 2 fully saturated rings. The predicted molar refractivity (Wildman–Crippen MR) is 157 cm³/mol. The molecule has 0 unspecified atom stereocenters. The Hall–Kier alpha value is -3.41. The summed E-state index contributed by atoms with van der Waals surface area (Å²) in [5.74, 6) is 1.17. The fourth-order valence-electron chi connectivity index (χ4n) is 6.37. The highest BCUT2D eigenvalue weighted by atomic mass is 16.5. The molecule has 0 radical (unpaired) electrons. The van der Waals surface area contributed by atoms with Crippen LogP contribution in [0.4, 0.5) is 0 Å². The van der Waals surface area contributed by atoms with Gasteiger partial charge in [-0.25, -0.2) is 0 Å². The van der Waals surface area contributed by atoms with Crippen molar-refractivity contribution in [1.82, 2.24) is 14.7 Å². The third kappa shape index (κ3) is 6.10. The van der Waals surface area contributed by atoms with Gasteiger partial charge in [0.05, 0.1) is 6.42 Å². The number of rotatable bonds is 8. The Morgan fingerprint density at radius 2 is 1.51 bits per heavy atom. The van der Waals surface area contributed by atoms with Gasteiger partial charge in [-0.15, -0.1) is 0 Å². The number of nitrogens with zero attached hydrogens (tertiary/aromatic N) is 3. The van der Waals surface area contributed by atoms with E-state index in [0.717, 1.165) is 63.7 Å². The number of allylic oxidation sites excluding steroid dienone is 1. The van der Waals surface area contributed by atoms with Crippen LogP contribution in [0.3, 0.4) is 0 Å². The number of carbonyl (C=O) groups is 1. The molecule has 0 aromatic heterocycles. The van der Waals surface area contributed by atoms with Crippen molar-refractivity contribution in [1.29, 1.82) is 0 Å². The lowest BCUT2D eigenvalue weighted by atomic mass is 9.74. The summed E-state index contributed by atoms with van der Waals surface area (Å²) in [6.07, 6.45) is 7.62. The molecule has 2 aliphatic heterocycles. The van der Waals surface area contributed by atoms with Gasteiger partial charge in [0.2, 0.25) is 5.91 Å². The van der Waals surface area contributed by atoms with Gasteiger partial charge in [-0.05, 0) is 60.3 Å². The second-order valence-corrected chi connectivity index (χ2v) is 11.2. The molecule has 0 saturated carbocycles. The molecule has 0 N–H and O–H groups in total. The maximum atomic E-state index is 12.6. The topological polar surface area (TPSA) is 36.0 Å². The molecule has 0 bridgehead atoms. The fraction of sp³-hybridized carbons (Fsp3) is 0.382. The highest BCUT2D eigenvalue weighted by Gasteiger charge is 2.37. The normalized spacial score (nSPS) is 18.8. The number of ether oxygens (including phenoxy) is 1. The summed E-state index contributed by atoms with van der Waals surface area (Å²) in [5, 5.41) is 0. The van der Waals surface area contributed by atoms with Crippen LogP contribution in [0.1, 0.15) is 35.1 Å². The molecule has 1 spiro atoms. The quantitative estimate of drug-likeness (QED) is 0.417. The van der Waals surface area contributed by atoms with E-state index in [-0.39, 0.29) is 11.3 Å². The van der Waals surface area contributed by atoms with E-state index in [1.54, 1.807) is 0 Å². The van der Waals surface area contributed by atoms with Crippen LogP contribution in [0.2, 0.25) is 0 Å². The zero-order valence-corrected chi connectivity index (χ0v) is 22.8. The number of hydrogen-bond donors (Lipinski definition) is 0. The zero-order chi connectivity index (χ0) is 26.5. The van der Waals surface area contributed by atoms with Crippen LogP contribution in [0.15, 0.2) is 84.9 Å². The number of piperazine rings is 1. The summed E-state index contributed by atoms with van der Waals surface area (Å²) in [7, 11) is 0. The fourth-order valence-corrected chi connectivity index (χ4v) is 6.37. The Bertz CT molecular complexity index is 1290. The Labute approximate surface area is 232 Å². The monoisotopic (exact) mass is 521 g/mol. The third-order valence-corrected chi connectivity index (χ3v) is 8.73. The van der Waals surface area contributed by atoms with E-state index in [0.29, 0.717) is 13.0 Å². The summed E-state index contributed by atoms with van der Waals surface area (Å²) in [6.45, 7) is 8.14. The second-order valence-electron chi connectivity index (χ2n) is 11.2. The molecular weight excluding hydrogens is 482 g/mol. The summed E-state index contributed by atoms with van der Waals surface area (Å²) in [4.78, 5) is 19.6. The van der Waals surface area contributed by atoms with Crippen molar-refractivity contribution in [3.8, 4) is 5.75 Å². The minimum absolute atomic E-state index is 0.224. The molecule has 39 heavy (non-hydrogen) atoms. The molecule has 3 aliphatic rings. The SMILES string of the molecule is O=C(Cc1ccccc1)N1CCN(CCOc2cccc(CN3CCC4(C=Cc5ccccc54)CC3)c2)CC1. The van der Waals surface area contributed by atoms with Crippen molar-refractivity contribution in [2.75, 3.05) is 52.4 Å². The first-order valence-corrected chi connectivity index (χ1v) is 14.4. The van der Waals surface area contributed by atoms with Crippen molar-refractivity contribution in [3.63, 3.8) is 0 Å². The molecule has 1 amide bonds. The van der Waals surface area contributed by atoms with Crippen LogP contribution >= 0.6 is 0 Å². The smallest absolute Gasteiger partial charge is 0.227 e. The molecule has 6 rings (SSSR count). The van der Waals surface area contributed by atoms with E-state index < -0.39 is 0 Å². The molecule has 2 saturated heterocycles. The van der Waals surface area contributed by atoms with Gasteiger partial charge in [0.25, 0.3) is 0 Å². The minimum Gasteiger partial charge on any atom is -0.492 e. The highest BCUT2D eigenvalue weighted by molar-refractivity contribution is 5.78. The largest absolute Gasteiger partial charge is 0.492 e. The maximum Gasteiger partial charge on any atom is 0.227 e. The van der Waals surface area contributed by atoms with E-state index in [4.69, 9.17) is 4.74 Å². The number of likely N-dealkylation sites (tertiary alicyclic amines) is 1. The number of hydrogen-bond acceptors (Lipinski definition) is 4. The first-order chi connectivity index (χ1) is 19.2. The lowest BCUT2D eigenvalue weighted by Gasteiger charge is -2.39. The van der Waals surface area contributed by atoms with Crippen LogP contribution in [-0.2, 0) is 23.2 Å². The highest BCUT2D eigenvalue weighted by Crippen LogP contribution is 2.43. The van der Waals surface area contributed by atoms with Gasteiger partial charge in [0.15, 0.2) is 0 Å². The van der Waals surface area contributed by atoms with Crippen LogP contribution in [-0.4, -0.2) is 73.0 Å². The van der Waals surface area contributed by atoms with E-state index in [1.807, 2.05) is 35.2 Å². The molecule has 0 atom stereocenters. The van der Waals surface area contributed by atoms with Crippen LogP contribution in [0.25, 0.3) is 6.08 Å². The van der Waals surface area contributed by atoms with E-state index in [1.165, 1.54) is 29.5 Å². The van der Waals surface area contributed by atoms with Crippen molar-refractivity contribution in [2.45, 2.75) is 31.2 Å². The van der Waals surface area contributed by atoms with Crippen molar-refractivity contribution < 1.29 is 9.53 Å². The molecule has 5 nitrogen and oxygen atoms in total. The molecule has 3 aromatic rings. The van der Waals surface area contributed by atoms with Gasteiger partial charge in [0.1, 0.15) is 12.4 Å². The predicted octanol–water partition coefficient (Wildman–Crippen LogP) is 5.01. The molecular formula is C34H39N3O2. The van der Waals surface area contributed by atoms with Gasteiger partial charge < -0.3 is 9.64 Å². The average Bonchev–Trinajstić information content (AvgIpc) is 3.33. The average molecular weight is 522 g/mol. The van der Waals surface area contributed by atoms with Crippen LogP contribution < -0.4 is 4.74 Å². The van der Waals surface area contributed by atoms with Crippen LogP contribution in [0.5, 0.6) is 5.75 Å². The Morgan fingerprint density at radius 3 is 2.33 bits per heavy atom. The van der Waals surface area contributed by atoms with Gasteiger partial charge in [-0.1, -0.05) is 78.9 Å². The first-order valence-electron chi connectivity index (χ1n) is 14.4. The number of carbonyl (C=O) groups excluding carboxylic acids is 1. The number of amides is 1. The van der Waals surface area contributed by atoms with Gasteiger partial charge in [0, 0.05) is 44.7 Å². The first kappa shape index (κ1) is 25.8. The van der Waals surface area contributed by atoms with Crippen molar-refractivity contribution in [2.24, 2.45) is 0 Å². The Balaban J connectivity index is 0.924. The lowest BCUT2D eigenvalue weighted by molar-refractivity contribution is -0.132. The minimum atomic E-state index is 0.224. The standard InChI is InChI=1S/C34H39N3O2/c38-33(26-28-7-2-1-3-8-28)37-21-19-35(20-22-37)23-24-39-31-11-6-9-29(25-31)27-36-17-15-34(16-18-36)14-13-30-10-4-5-12-32(30)34/h1-14,25H,15-24,26-27H2. The van der Waals surface area contributed by atoms with E-state index >= 15 is 0 Å². The number of piperidine rings is 1. The third-order valence-electron chi connectivity index (χ3n) is 8.73. The zero-order valence-electron chi connectivity index (χ0n) is 22.8. The molecule has 5 heteroatoms. The number of fused-ring (bicyclic) bond motifs is 2. The number of benzene rings is 3. The van der Waals surface area contributed by atoms with E-state index in [9.17, 15) is 4.79 Å².